The summed E-state index contributed by atoms with van der Waals surface area (Å²) in [6, 6.07) is 6.24. The first-order valence-electron chi connectivity index (χ1n) is 8.99. The van der Waals surface area contributed by atoms with Gasteiger partial charge in [0.05, 0.1) is 11.8 Å². The van der Waals surface area contributed by atoms with Gasteiger partial charge in [-0.2, -0.15) is 5.10 Å². The molecule has 1 atom stereocenters. The number of carbonyl (C=O) groups is 1. The van der Waals surface area contributed by atoms with Crippen molar-refractivity contribution >= 4 is 5.91 Å². The zero-order valence-corrected chi connectivity index (χ0v) is 14.1. The highest BCUT2D eigenvalue weighted by Gasteiger charge is 2.26. The van der Waals surface area contributed by atoms with Crippen molar-refractivity contribution in [3.05, 3.63) is 47.0 Å². The number of benzene rings is 1. The van der Waals surface area contributed by atoms with Gasteiger partial charge in [0.25, 0.3) is 5.91 Å². The van der Waals surface area contributed by atoms with Gasteiger partial charge in [0, 0.05) is 24.4 Å². The van der Waals surface area contributed by atoms with Gasteiger partial charge in [0.1, 0.15) is 5.82 Å². The Morgan fingerprint density at radius 3 is 2.80 bits per heavy atom. The number of ether oxygens (including phenoxy) is 1. The van der Waals surface area contributed by atoms with Gasteiger partial charge >= 0.3 is 0 Å². The number of carbonyl (C=O) groups excluding carboxylic acids is 1. The second kappa shape index (κ2) is 6.96. The van der Waals surface area contributed by atoms with E-state index < -0.39 is 0 Å². The summed E-state index contributed by atoms with van der Waals surface area (Å²) in [6.07, 6.45) is 6.04. The standard InChI is InChI=1S/C19H22FN3O2/c20-13-7-9-14(10-8-13)23-17-6-2-1-5-16(17)18(22-23)19(24)21-12-15-4-3-11-25-15/h7-10,15H,1-6,11-12H2,(H,21,24). The first-order valence-corrected chi connectivity index (χ1v) is 8.99. The quantitative estimate of drug-likeness (QED) is 0.929. The first kappa shape index (κ1) is 16.3. The van der Waals surface area contributed by atoms with Gasteiger partial charge in [-0.1, -0.05) is 0 Å². The fourth-order valence-corrected chi connectivity index (χ4v) is 3.67. The van der Waals surface area contributed by atoms with Crippen LogP contribution in [-0.2, 0) is 17.6 Å². The number of hydrogen-bond donors (Lipinski definition) is 1. The maximum Gasteiger partial charge on any atom is 0.272 e. The fourth-order valence-electron chi connectivity index (χ4n) is 3.67. The molecule has 2 aliphatic rings. The highest BCUT2D eigenvalue weighted by Crippen LogP contribution is 2.27. The third-order valence-corrected chi connectivity index (χ3v) is 4.98. The van der Waals surface area contributed by atoms with E-state index in [1.54, 1.807) is 16.8 Å². The number of nitrogens with one attached hydrogen (secondary N) is 1. The van der Waals surface area contributed by atoms with Gasteiger partial charge in [-0.05, 0) is 62.8 Å². The molecule has 1 aromatic carbocycles. The molecule has 0 bridgehead atoms. The third kappa shape index (κ3) is 3.31. The van der Waals surface area contributed by atoms with Gasteiger partial charge in [-0.3, -0.25) is 4.79 Å². The normalized spacial score (nSPS) is 19.6. The van der Waals surface area contributed by atoms with Crippen LogP contribution in [0.1, 0.15) is 47.4 Å². The van der Waals surface area contributed by atoms with Crippen LogP contribution in [0, 0.1) is 5.82 Å². The minimum Gasteiger partial charge on any atom is -0.376 e. The average Bonchev–Trinajstić information content (AvgIpc) is 3.28. The summed E-state index contributed by atoms with van der Waals surface area (Å²) < 4.78 is 20.6. The lowest BCUT2D eigenvalue weighted by Gasteiger charge is -2.14. The Bertz CT molecular complexity index is 764. The van der Waals surface area contributed by atoms with Crippen LogP contribution >= 0.6 is 0 Å². The predicted octanol–water partition coefficient (Wildman–Crippen LogP) is 2.80. The summed E-state index contributed by atoms with van der Waals surface area (Å²) in [6.45, 7) is 1.30. The van der Waals surface area contributed by atoms with E-state index in [2.05, 4.69) is 10.4 Å². The molecule has 1 unspecified atom stereocenters. The number of amides is 1. The smallest absolute Gasteiger partial charge is 0.272 e. The molecule has 1 fully saturated rings. The molecule has 1 aliphatic heterocycles. The summed E-state index contributed by atoms with van der Waals surface area (Å²) >= 11 is 0. The van der Waals surface area contributed by atoms with Gasteiger partial charge in [0.2, 0.25) is 0 Å². The van der Waals surface area contributed by atoms with Crippen LogP contribution in [0.2, 0.25) is 0 Å². The zero-order valence-electron chi connectivity index (χ0n) is 14.1. The summed E-state index contributed by atoms with van der Waals surface area (Å²) in [5, 5.41) is 7.54. The highest BCUT2D eigenvalue weighted by atomic mass is 19.1. The molecule has 0 radical (unpaired) electrons. The van der Waals surface area contributed by atoms with E-state index in [1.165, 1.54) is 12.1 Å². The molecule has 1 aromatic heterocycles. The van der Waals surface area contributed by atoms with Crippen LogP contribution in [0.4, 0.5) is 4.39 Å². The van der Waals surface area contributed by atoms with Gasteiger partial charge in [-0.25, -0.2) is 9.07 Å². The zero-order chi connectivity index (χ0) is 17.2. The number of nitrogens with zero attached hydrogens (tertiary/aromatic N) is 2. The van der Waals surface area contributed by atoms with Crippen molar-refractivity contribution < 1.29 is 13.9 Å². The highest BCUT2D eigenvalue weighted by molar-refractivity contribution is 5.94. The molecule has 1 aliphatic carbocycles. The largest absolute Gasteiger partial charge is 0.376 e. The third-order valence-electron chi connectivity index (χ3n) is 4.98. The molecular formula is C19H22FN3O2. The Morgan fingerprint density at radius 2 is 2.04 bits per heavy atom. The van der Waals surface area contributed by atoms with E-state index in [0.29, 0.717) is 12.2 Å². The van der Waals surface area contributed by atoms with Crippen LogP contribution in [0.15, 0.2) is 24.3 Å². The molecule has 1 N–H and O–H groups in total. The first-order chi connectivity index (χ1) is 12.2. The van der Waals surface area contributed by atoms with Gasteiger partial charge in [-0.15, -0.1) is 0 Å². The van der Waals surface area contributed by atoms with Crippen molar-refractivity contribution in [1.82, 2.24) is 15.1 Å². The molecule has 1 saturated heterocycles. The van der Waals surface area contributed by atoms with Crippen molar-refractivity contribution in [1.29, 1.82) is 0 Å². The molecule has 2 aromatic rings. The molecule has 2 heterocycles. The van der Waals surface area contributed by atoms with Gasteiger partial charge in [0.15, 0.2) is 5.69 Å². The minimum atomic E-state index is -0.278. The molecular weight excluding hydrogens is 321 g/mol. The van der Waals surface area contributed by atoms with E-state index in [4.69, 9.17) is 4.74 Å². The van der Waals surface area contributed by atoms with Crippen molar-refractivity contribution in [2.45, 2.75) is 44.6 Å². The van der Waals surface area contributed by atoms with Crippen LogP contribution in [-0.4, -0.2) is 34.9 Å². The molecule has 5 nitrogen and oxygen atoms in total. The minimum absolute atomic E-state index is 0.110. The van der Waals surface area contributed by atoms with E-state index in [0.717, 1.165) is 62.1 Å². The Hall–Kier alpha value is -2.21. The number of fused-ring (bicyclic) bond motifs is 1. The summed E-state index contributed by atoms with van der Waals surface area (Å²) in [5.74, 6) is -0.422. The molecule has 4 rings (SSSR count). The molecule has 132 valence electrons. The molecule has 0 saturated carbocycles. The Balaban J connectivity index is 1.61. The van der Waals surface area contributed by atoms with Crippen molar-refractivity contribution in [3.63, 3.8) is 0 Å². The van der Waals surface area contributed by atoms with Gasteiger partial charge < -0.3 is 10.1 Å². The topological polar surface area (TPSA) is 56.1 Å². The van der Waals surface area contributed by atoms with E-state index >= 15 is 0 Å². The molecule has 6 heteroatoms. The second-order valence-corrected chi connectivity index (χ2v) is 6.71. The monoisotopic (exact) mass is 343 g/mol. The van der Waals surface area contributed by atoms with Crippen molar-refractivity contribution in [2.24, 2.45) is 0 Å². The number of rotatable bonds is 4. The van der Waals surface area contributed by atoms with Crippen LogP contribution in [0.5, 0.6) is 0 Å². The second-order valence-electron chi connectivity index (χ2n) is 6.71. The maximum absolute atomic E-state index is 13.2. The Labute approximate surface area is 146 Å². The summed E-state index contributed by atoms with van der Waals surface area (Å²) in [7, 11) is 0. The number of hydrogen-bond acceptors (Lipinski definition) is 3. The molecule has 0 spiro atoms. The van der Waals surface area contributed by atoms with Crippen LogP contribution in [0.25, 0.3) is 5.69 Å². The van der Waals surface area contributed by atoms with E-state index in [1.807, 2.05) is 0 Å². The summed E-state index contributed by atoms with van der Waals surface area (Å²) in [4.78, 5) is 12.7. The Kier molecular flexibility index (Phi) is 4.53. The fraction of sp³-hybridized carbons (Fsp3) is 0.474. The van der Waals surface area contributed by atoms with Crippen LogP contribution < -0.4 is 5.32 Å². The predicted molar refractivity (Wildman–Crippen MR) is 91.5 cm³/mol. The summed E-state index contributed by atoms with van der Waals surface area (Å²) in [5.41, 5.74) is 3.38. The Morgan fingerprint density at radius 1 is 1.24 bits per heavy atom. The molecule has 25 heavy (non-hydrogen) atoms. The average molecular weight is 343 g/mol. The van der Waals surface area contributed by atoms with Crippen LogP contribution in [0.3, 0.4) is 0 Å². The van der Waals surface area contributed by atoms with E-state index in [9.17, 15) is 9.18 Å². The lowest BCUT2D eigenvalue weighted by Crippen LogP contribution is -2.32. The number of aromatic nitrogens is 2. The van der Waals surface area contributed by atoms with Crippen molar-refractivity contribution in [3.8, 4) is 5.69 Å². The molecule has 1 amide bonds. The number of halogens is 1. The van der Waals surface area contributed by atoms with Crippen molar-refractivity contribution in [2.75, 3.05) is 13.2 Å². The maximum atomic E-state index is 13.2. The van der Waals surface area contributed by atoms with E-state index in [-0.39, 0.29) is 17.8 Å². The SMILES string of the molecule is O=C(NCC1CCCO1)c1nn(-c2ccc(F)cc2)c2c1CCCC2. The lowest BCUT2D eigenvalue weighted by atomic mass is 9.95. The lowest BCUT2D eigenvalue weighted by molar-refractivity contribution is 0.0852.